The van der Waals surface area contributed by atoms with E-state index >= 15 is 0 Å². The number of morpholine rings is 1. The van der Waals surface area contributed by atoms with Gasteiger partial charge in [-0.2, -0.15) is 0 Å². The molecular formula is C16H23FN2O2. The maximum Gasteiger partial charge on any atom is 0.251 e. The smallest absolute Gasteiger partial charge is 0.251 e. The number of benzene rings is 1. The van der Waals surface area contributed by atoms with Crippen LogP contribution in [0, 0.1) is 11.7 Å². The molecular weight excluding hydrogens is 271 g/mol. The molecule has 0 saturated carbocycles. The van der Waals surface area contributed by atoms with Gasteiger partial charge in [-0.3, -0.25) is 9.69 Å². The first-order valence-electron chi connectivity index (χ1n) is 7.42. The van der Waals surface area contributed by atoms with E-state index in [1.165, 1.54) is 24.3 Å². The summed E-state index contributed by atoms with van der Waals surface area (Å²) in [5.74, 6) is 0.0867. The molecule has 21 heavy (non-hydrogen) atoms. The number of hydrogen-bond acceptors (Lipinski definition) is 3. The van der Waals surface area contributed by atoms with Crippen LogP contribution in [0.15, 0.2) is 24.3 Å². The second-order valence-electron chi connectivity index (χ2n) is 5.86. The first-order chi connectivity index (χ1) is 10.0. The number of nitrogens with zero attached hydrogens (tertiary/aromatic N) is 1. The zero-order valence-electron chi connectivity index (χ0n) is 12.6. The number of hydrogen-bond donors (Lipinski definition) is 1. The number of ether oxygens (including phenoxy) is 1. The fourth-order valence-electron chi connectivity index (χ4n) is 2.50. The first-order valence-corrected chi connectivity index (χ1v) is 7.42. The fraction of sp³-hybridized carbons (Fsp3) is 0.562. The predicted octanol–water partition coefficient (Wildman–Crippen LogP) is 1.91. The summed E-state index contributed by atoms with van der Waals surface area (Å²) in [6.45, 7) is 8.39. The minimum Gasteiger partial charge on any atom is -0.374 e. The second kappa shape index (κ2) is 7.52. The Balaban J connectivity index is 1.79. The van der Waals surface area contributed by atoms with E-state index in [2.05, 4.69) is 24.1 Å². The molecule has 0 aromatic heterocycles. The summed E-state index contributed by atoms with van der Waals surface area (Å²) < 4.78 is 18.5. The van der Waals surface area contributed by atoms with Gasteiger partial charge in [0.25, 0.3) is 5.91 Å². The number of rotatable bonds is 5. The molecule has 1 aliphatic rings. The number of carbonyl (C=O) groups is 1. The normalized spacial score (nSPS) is 19.7. The van der Waals surface area contributed by atoms with Crippen molar-refractivity contribution in [3.63, 3.8) is 0 Å². The zero-order valence-corrected chi connectivity index (χ0v) is 12.6. The minimum atomic E-state index is -0.341. The molecule has 1 saturated heterocycles. The third kappa shape index (κ3) is 5.10. The van der Waals surface area contributed by atoms with Crippen LogP contribution < -0.4 is 5.32 Å². The lowest BCUT2D eigenvalue weighted by Gasteiger charge is -2.33. The molecule has 5 heteroatoms. The number of amides is 1. The molecule has 0 spiro atoms. The molecule has 0 bridgehead atoms. The molecule has 0 radical (unpaired) electrons. The molecule has 4 nitrogen and oxygen atoms in total. The molecule has 1 aliphatic heterocycles. The third-order valence-electron chi connectivity index (χ3n) is 3.44. The first kappa shape index (κ1) is 15.9. The highest BCUT2D eigenvalue weighted by atomic mass is 19.1. The van der Waals surface area contributed by atoms with E-state index < -0.39 is 0 Å². The van der Waals surface area contributed by atoms with Gasteiger partial charge in [-0.05, 0) is 30.2 Å². The Kier molecular flexibility index (Phi) is 5.70. The van der Waals surface area contributed by atoms with E-state index in [0.29, 0.717) is 24.6 Å². The van der Waals surface area contributed by atoms with Gasteiger partial charge in [-0.25, -0.2) is 4.39 Å². The Labute approximate surface area is 125 Å². The van der Waals surface area contributed by atoms with Crippen molar-refractivity contribution in [2.75, 3.05) is 32.8 Å². The molecule has 1 unspecified atom stereocenters. The number of carbonyl (C=O) groups excluding carboxylic acids is 1. The number of halogens is 1. The monoisotopic (exact) mass is 294 g/mol. The molecule has 1 atom stereocenters. The van der Waals surface area contributed by atoms with Crippen molar-refractivity contribution in [2.24, 2.45) is 5.92 Å². The average molecular weight is 294 g/mol. The molecule has 1 amide bonds. The Morgan fingerprint density at radius 3 is 2.81 bits per heavy atom. The van der Waals surface area contributed by atoms with Crippen molar-refractivity contribution in [1.29, 1.82) is 0 Å². The van der Waals surface area contributed by atoms with Crippen molar-refractivity contribution in [2.45, 2.75) is 20.0 Å². The molecule has 116 valence electrons. The van der Waals surface area contributed by atoms with Crippen molar-refractivity contribution in [3.8, 4) is 0 Å². The topological polar surface area (TPSA) is 41.6 Å². The van der Waals surface area contributed by atoms with Gasteiger partial charge in [-0.1, -0.05) is 13.8 Å². The highest BCUT2D eigenvalue weighted by Crippen LogP contribution is 2.08. The fourth-order valence-corrected chi connectivity index (χ4v) is 2.50. The van der Waals surface area contributed by atoms with E-state index in [1.807, 2.05) is 0 Å². The van der Waals surface area contributed by atoms with Crippen LogP contribution in [-0.2, 0) is 4.74 Å². The Morgan fingerprint density at radius 2 is 2.14 bits per heavy atom. The number of nitrogens with one attached hydrogen (secondary N) is 1. The summed E-state index contributed by atoms with van der Waals surface area (Å²) in [6.07, 6.45) is 0.0156. The summed E-state index contributed by atoms with van der Waals surface area (Å²) in [5, 5.41) is 2.85. The molecule has 2 rings (SSSR count). The van der Waals surface area contributed by atoms with Crippen molar-refractivity contribution >= 4 is 5.91 Å². The van der Waals surface area contributed by atoms with Gasteiger partial charge in [0.05, 0.1) is 12.7 Å². The summed E-state index contributed by atoms with van der Waals surface area (Å²) in [6, 6.07) is 5.54. The van der Waals surface area contributed by atoms with Crippen LogP contribution in [0.4, 0.5) is 4.39 Å². The maximum absolute atomic E-state index is 12.8. The lowest BCUT2D eigenvalue weighted by molar-refractivity contribution is -0.0295. The van der Waals surface area contributed by atoms with Gasteiger partial charge in [0.15, 0.2) is 0 Å². The van der Waals surface area contributed by atoms with E-state index in [9.17, 15) is 9.18 Å². The standard InChI is InChI=1S/C16H23FN2O2/c1-12(2)10-19-7-8-21-15(11-19)9-18-16(20)13-3-5-14(17)6-4-13/h3-6,12,15H,7-11H2,1-2H3,(H,18,20). The van der Waals surface area contributed by atoms with Gasteiger partial charge < -0.3 is 10.1 Å². The van der Waals surface area contributed by atoms with Crippen LogP contribution in [0.1, 0.15) is 24.2 Å². The van der Waals surface area contributed by atoms with Crippen LogP contribution in [0.5, 0.6) is 0 Å². The van der Waals surface area contributed by atoms with Gasteiger partial charge in [0.1, 0.15) is 5.82 Å². The van der Waals surface area contributed by atoms with Gasteiger partial charge in [0, 0.05) is 31.7 Å². The minimum absolute atomic E-state index is 0.0156. The molecule has 1 N–H and O–H groups in total. The van der Waals surface area contributed by atoms with Crippen molar-refractivity contribution in [1.82, 2.24) is 10.2 Å². The Morgan fingerprint density at radius 1 is 1.43 bits per heavy atom. The predicted molar refractivity (Wildman–Crippen MR) is 79.8 cm³/mol. The second-order valence-corrected chi connectivity index (χ2v) is 5.86. The van der Waals surface area contributed by atoms with Gasteiger partial charge in [0.2, 0.25) is 0 Å². The van der Waals surface area contributed by atoms with Crippen molar-refractivity contribution < 1.29 is 13.9 Å². The summed E-state index contributed by atoms with van der Waals surface area (Å²) >= 11 is 0. The quantitative estimate of drug-likeness (QED) is 0.902. The van der Waals surface area contributed by atoms with Crippen LogP contribution in [0.3, 0.4) is 0 Å². The van der Waals surface area contributed by atoms with Gasteiger partial charge >= 0.3 is 0 Å². The van der Waals surface area contributed by atoms with E-state index in [0.717, 1.165) is 19.6 Å². The molecule has 0 aliphatic carbocycles. The average Bonchev–Trinajstić information content (AvgIpc) is 2.45. The Bertz CT molecular complexity index is 462. The van der Waals surface area contributed by atoms with Crippen LogP contribution in [0.25, 0.3) is 0 Å². The SMILES string of the molecule is CC(C)CN1CCOC(CNC(=O)c2ccc(F)cc2)C1. The molecule has 1 aromatic carbocycles. The zero-order chi connectivity index (χ0) is 15.2. The lowest BCUT2D eigenvalue weighted by Crippen LogP contribution is -2.48. The lowest BCUT2D eigenvalue weighted by atomic mass is 10.1. The summed E-state index contributed by atoms with van der Waals surface area (Å²) in [7, 11) is 0. The summed E-state index contributed by atoms with van der Waals surface area (Å²) in [5.41, 5.74) is 0.464. The molecule has 1 fully saturated rings. The van der Waals surface area contributed by atoms with Gasteiger partial charge in [-0.15, -0.1) is 0 Å². The van der Waals surface area contributed by atoms with E-state index in [4.69, 9.17) is 4.74 Å². The molecule has 1 heterocycles. The van der Waals surface area contributed by atoms with Crippen LogP contribution in [0.2, 0.25) is 0 Å². The maximum atomic E-state index is 12.8. The third-order valence-corrected chi connectivity index (χ3v) is 3.44. The van der Waals surface area contributed by atoms with Crippen LogP contribution in [-0.4, -0.2) is 49.7 Å². The Hall–Kier alpha value is -1.46. The summed E-state index contributed by atoms with van der Waals surface area (Å²) in [4.78, 5) is 14.3. The van der Waals surface area contributed by atoms with E-state index in [1.54, 1.807) is 0 Å². The van der Waals surface area contributed by atoms with E-state index in [-0.39, 0.29) is 17.8 Å². The largest absolute Gasteiger partial charge is 0.374 e. The van der Waals surface area contributed by atoms with Crippen LogP contribution >= 0.6 is 0 Å². The molecule has 1 aromatic rings. The highest BCUT2D eigenvalue weighted by molar-refractivity contribution is 5.94. The highest BCUT2D eigenvalue weighted by Gasteiger charge is 2.21. The van der Waals surface area contributed by atoms with Crippen molar-refractivity contribution in [3.05, 3.63) is 35.6 Å².